The minimum Gasteiger partial charge on any atom is -0.298 e. The van der Waals surface area contributed by atoms with E-state index in [-0.39, 0.29) is 18.0 Å². The van der Waals surface area contributed by atoms with Gasteiger partial charge in [0.2, 0.25) is 0 Å². The molecule has 0 spiro atoms. The topological polar surface area (TPSA) is 68.3 Å². The van der Waals surface area contributed by atoms with E-state index in [0.29, 0.717) is 43.4 Å². The molecule has 1 aliphatic rings. The first-order valence-electron chi connectivity index (χ1n) is 13.2. The number of ketones is 4. The van der Waals surface area contributed by atoms with Crippen LogP contribution in [0.25, 0.3) is 0 Å². The molecule has 1 saturated carbocycles. The predicted molar refractivity (Wildman–Crippen MR) is 136 cm³/mol. The molecule has 0 bridgehead atoms. The minimum absolute atomic E-state index is 0.141. The molecule has 0 heterocycles. The number of rotatable bonds is 13. The zero-order chi connectivity index (χ0) is 25.5. The molecule has 0 aromatic heterocycles. The third-order valence-corrected chi connectivity index (χ3v) is 7.30. The Hall–Kier alpha value is -2.10. The number of hydrogen-bond acceptors (Lipinski definition) is 4. The van der Waals surface area contributed by atoms with Gasteiger partial charge in [0.15, 0.2) is 23.1 Å². The number of benzene rings is 1. The Balaban J connectivity index is 2.43. The molecule has 34 heavy (non-hydrogen) atoms. The van der Waals surface area contributed by atoms with Crippen LogP contribution in [0.5, 0.6) is 0 Å². The van der Waals surface area contributed by atoms with Crippen LogP contribution in [0.3, 0.4) is 0 Å². The minimum atomic E-state index is -1.29. The highest BCUT2D eigenvalue weighted by molar-refractivity contribution is 6.33. The van der Waals surface area contributed by atoms with E-state index in [4.69, 9.17) is 0 Å². The highest BCUT2D eigenvalue weighted by Gasteiger charge is 2.59. The van der Waals surface area contributed by atoms with Crippen LogP contribution >= 0.6 is 0 Å². The van der Waals surface area contributed by atoms with Crippen molar-refractivity contribution in [3.63, 3.8) is 0 Å². The van der Waals surface area contributed by atoms with E-state index < -0.39 is 28.8 Å². The van der Waals surface area contributed by atoms with E-state index in [1.165, 1.54) is 0 Å². The zero-order valence-electron chi connectivity index (χ0n) is 22.1. The molecule has 0 aliphatic heterocycles. The second-order valence-corrected chi connectivity index (χ2v) is 11.5. The SMILES string of the molecule is CC(C)CCC1C(=O)C(C(=O)CCc2ccccc2)C(=O)C(CCC(C)C)(CCC(C)C)C1=O. The van der Waals surface area contributed by atoms with Crippen LogP contribution in [0.15, 0.2) is 30.3 Å². The first kappa shape index (κ1) is 28.1. The van der Waals surface area contributed by atoms with Gasteiger partial charge in [0.1, 0.15) is 5.92 Å². The van der Waals surface area contributed by atoms with Crippen LogP contribution in [0, 0.1) is 35.0 Å². The lowest BCUT2D eigenvalue weighted by atomic mass is 9.57. The normalized spacial score (nSPS) is 20.6. The van der Waals surface area contributed by atoms with E-state index in [2.05, 4.69) is 41.5 Å². The van der Waals surface area contributed by atoms with Gasteiger partial charge < -0.3 is 0 Å². The van der Waals surface area contributed by atoms with Crippen LogP contribution in [0.2, 0.25) is 0 Å². The van der Waals surface area contributed by atoms with Crippen LogP contribution in [0.1, 0.15) is 92.1 Å². The summed E-state index contributed by atoms with van der Waals surface area (Å²) in [5.41, 5.74) is -0.207. The van der Waals surface area contributed by atoms with Gasteiger partial charge in [-0.15, -0.1) is 0 Å². The number of carbonyl (C=O) groups excluding carboxylic acids is 4. The molecule has 0 amide bonds. The Kier molecular flexibility index (Phi) is 10.4. The largest absolute Gasteiger partial charge is 0.298 e. The molecule has 2 atom stereocenters. The first-order chi connectivity index (χ1) is 16.0. The molecular formula is C30H44O4. The van der Waals surface area contributed by atoms with Crippen molar-refractivity contribution in [3.05, 3.63) is 35.9 Å². The molecule has 0 N–H and O–H groups in total. The van der Waals surface area contributed by atoms with Crippen LogP contribution in [0.4, 0.5) is 0 Å². The Morgan fingerprint density at radius 3 is 1.82 bits per heavy atom. The molecule has 0 radical (unpaired) electrons. The number of Topliss-reactive ketones (excluding diaryl/α,β-unsaturated/α-hetero) is 4. The van der Waals surface area contributed by atoms with E-state index in [1.807, 2.05) is 30.3 Å². The zero-order valence-corrected chi connectivity index (χ0v) is 22.1. The summed E-state index contributed by atoms with van der Waals surface area (Å²) in [5, 5.41) is 0. The number of carbonyl (C=O) groups is 4. The average molecular weight is 469 g/mol. The Morgan fingerprint density at radius 2 is 1.32 bits per heavy atom. The van der Waals surface area contributed by atoms with Crippen molar-refractivity contribution in [2.75, 3.05) is 0 Å². The molecule has 4 heteroatoms. The fourth-order valence-electron chi connectivity index (χ4n) is 5.01. The lowest BCUT2D eigenvalue weighted by molar-refractivity contribution is -0.160. The highest BCUT2D eigenvalue weighted by atomic mass is 16.2. The van der Waals surface area contributed by atoms with Crippen molar-refractivity contribution in [2.45, 2.75) is 92.9 Å². The third-order valence-electron chi connectivity index (χ3n) is 7.30. The fraction of sp³-hybridized carbons (Fsp3) is 0.667. The lowest BCUT2D eigenvalue weighted by Crippen LogP contribution is -2.58. The lowest BCUT2D eigenvalue weighted by Gasteiger charge is -2.41. The fourth-order valence-corrected chi connectivity index (χ4v) is 5.01. The van der Waals surface area contributed by atoms with Crippen molar-refractivity contribution in [1.82, 2.24) is 0 Å². The summed E-state index contributed by atoms with van der Waals surface area (Å²) in [6.07, 6.45) is 4.11. The van der Waals surface area contributed by atoms with Crippen molar-refractivity contribution >= 4 is 23.1 Å². The molecule has 1 fully saturated rings. The predicted octanol–water partition coefficient (Wildman–Crippen LogP) is 6.44. The first-order valence-corrected chi connectivity index (χ1v) is 13.2. The maximum atomic E-state index is 14.0. The summed E-state index contributed by atoms with van der Waals surface area (Å²) < 4.78 is 0. The van der Waals surface area contributed by atoms with Gasteiger partial charge in [0.05, 0.1) is 11.3 Å². The summed E-state index contributed by atoms with van der Waals surface area (Å²) in [5.74, 6) is -2.53. The van der Waals surface area contributed by atoms with Crippen LogP contribution in [-0.4, -0.2) is 23.1 Å². The summed E-state index contributed by atoms with van der Waals surface area (Å²) in [6.45, 7) is 12.5. The van der Waals surface area contributed by atoms with Gasteiger partial charge in [-0.3, -0.25) is 19.2 Å². The van der Waals surface area contributed by atoms with E-state index in [0.717, 1.165) is 24.8 Å². The smallest absolute Gasteiger partial charge is 0.164 e. The third kappa shape index (κ3) is 6.96. The quantitative estimate of drug-likeness (QED) is 0.313. The van der Waals surface area contributed by atoms with Crippen molar-refractivity contribution in [3.8, 4) is 0 Å². The Bertz CT molecular complexity index is 838. The van der Waals surface area contributed by atoms with Crippen LogP contribution in [-0.2, 0) is 25.6 Å². The van der Waals surface area contributed by atoms with Gasteiger partial charge >= 0.3 is 0 Å². The molecule has 1 aromatic rings. The Morgan fingerprint density at radius 1 is 0.794 bits per heavy atom. The van der Waals surface area contributed by atoms with Gasteiger partial charge in [-0.25, -0.2) is 0 Å². The average Bonchev–Trinajstić information content (AvgIpc) is 2.77. The number of aryl methyl sites for hydroxylation is 1. The molecule has 0 saturated heterocycles. The van der Waals surface area contributed by atoms with Crippen molar-refractivity contribution in [1.29, 1.82) is 0 Å². The molecule has 4 nitrogen and oxygen atoms in total. The monoisotopic (exact) mass is 468 g/mol. The summed E-state index contributed by atoms with van der Waals surface area (Å²) >= 11 is 0. The molecular weight excluding hydrogens is 424 g/mol. The molecule has 2 unspecified atom stereocenters. The molecule has 1 aromatic carbocycles. The molecule has 2 rings (SSSR count). The van der Waals surface area contributed by atoms with E-state index in [9.17, 15) is 19.2 Å². The van der Waals surface area contributed by atoms with Gasteiger partial charge in [0.25, 0.3) is 0 Å². The van der Waals surface area contributed by atoms with Crippen molar-refractivity contribution in [2.24, 2.45) is 35.0 Å². The van der Waals surface area contributed by atoms with Gasteiger partial charge in [0, 0.05) is 6.42 Å². The van der Waals surface area contributed by atoms with Gasteiger partial charge in [-0.05, 0) is 68.3 Å². The van der Waals surface area contributed by atoms with E-state index in [1.54, 1.807) is 0 Å². The van der Waals surface area contributed by atoms with E-state index >= 15 is 0 Å². The standard InChI is InChI=1S/C30H44O4/c1-20(2)12-14-24-27(32)26(25(31)15-13-23-10-8-7-9-11-23)29(34)30(28(24)33,18-16-21(3)4)19-17-22(5)6/h7-11,20-22,24,26H,12-19H2,1-6H3. The second-order valence-electron chi connectivity index (χ2n) is 11.5. The molecule has 1 aliphatic carbocycles. The van der Waals surface area contributed by atoms with Crippen LogP contribution < -0.4 is 0 Å². The van der Waals surface area contributed by atoms with Crippen molar-refractivity contribution < 1.29 is 19.2 Å². The van der Waals surface area contributed by atoms with Gasteiger partial charge in [-0.2, -0.15) is 0 Å². The Labute approximate surface area is 206 Å². The second kappa shape index (κ2) is 12.6. The highest BCUT2D eigenvalue weighted by Crippen LogP contribution is 2.45. The summed E-state index contributed by atoms with van der Waals surface area (Å²) in [7, 11) is 0. The summed E-state index contributed by atoms with van der Waals surface area (Å²) in [6, 6.07) is 9.65. The molecule has 188 valence electrons. The number of hydrogen-bond donors (Lipinski definition) is 0. The van der Waals surface area contributed by atoms with Gasteiger partial charge in [-0.1, -0.05) is 71.9 Å². The maximum absolute atomic E-state index is 14.0. The maximum Gasteiger partial charge on any atom is 0.164 e. The summed E-state index contributed by atoms with van der Waals surface area (Å²) in [4.78, 5) is 54.8.